The zero-order valence-corrected chi connectivity index (χ0v) is 15.3. The maximum Gasteiger partial charge on any atom is 0.240 e. The van der Waals surface area contributed by atoms with Gasteiger partial charge in [0.2, 0.25) is 10.0 Å². The molecule has 1 atom stereocenters. The highest BCUT2D eigenvalue weighted by molar-refractivity contribution is 9.10. The molecule has 1 rings (SSSR count). The first-order valence-electron chi connectivity index (χ1n) is 7.35. The van der Waals surface area contributed by atoms with Gasteiger partial charge >= 0.3 is 0 Å². The molecule has 0 aliphatic heterocycles. The van der Waals surface area contributed by atoms with E-state index in [1.165, 1.54) is 0 Å². The van der Waals surface area contributed by atoms with Gasteiger partial charge in [-0.2, -0.15) is 0 Å². The number of benzene rings is 1. The second-order valence-electron chi connectivity index (χ2n) is 5.08. The maximum absolute atomic E-state index is 12.3. The van der Waals surface area contributed by atoms with Gasteiger partial charge in [-0.15, -0.1) is 0 Å². The molecule has 0 radical (unpaired) electrons. The zero-order chi connectivity index (χ0) is 15.9. The lowest BCUT2D eigenvalue weighted by atomic mass is 10.3. The number of unbranched alkanes of at least 4 members (excludes halogenated alkanes) is 2. The van der Waals surface area contributed by atoms with Crippen LogP contribution in [0.2, 0.25) is 0 Å². The quantitative estimate of drug-likeness (QED) is 0.659. The first-order chi connectivity index (χ1) is 9.90. The summed E-state index contributed by atoms with van der Waals surface area (Å²) in [4.78, 5) is 0.233. The van der Waals surface area contributed by atoms with Crippen molar-refractivity contribution in [3.05, 3.63) is 22.7 Å². The van der Waals surface area contributed by atoms with Crippen molar-refractivity contribution in [1.82, 2.24) is 4.72 Å². The Labute approximate surface area is 136 Å². The Balaban J connectivity index is 2.85. The van der Waals surface area contributed by atoms with Crippen LogP contribution in [0.25, 0.3) is 0 Å². The normalized spacial score (nSPS) is 13.1. The van der Waals surface area contributed by atoms with E-state index in [0.717, 1.165) is 30.2 Å². The van der Waals surface area contributed by atoms with Crippen molar-refractivity contribution in [3.8, 4) is 5.75 Å². The molecule has 0 aliphatic carbocycles. The van der Waals surface area contributed by atoms with E-state index in [4.69, 9.17) is 4.74 Å². The summed E-state index contributed by atoms with van der Waals surface area (Å²) in [6.45, 7) is 6.51. The van der Waals surface area contributed by atoms with Gasteiger partial charge in [0.15, 0.2) is 0 Å². The standard InChI is InChI=1S/C15H24BrNO3S/c1-4-6-7-10-20-15-11-13(8-9-14(15)16)21(18,19)17-12(3)5-2/h8-9,11-12,17H,4-7,10H2,1-3H3/t12-/m1/s1. The van der Waals surface area contributed by atoms with Gasteiger partial charge in [0.25, 0.3) is 0 Å². The van der Waals surface area contributed by atoms with E-state index < -0.39 is 10.0 Å². The smallest absolute Gasteiger partial charge is 0.240 e. The molecule has 0 saturated carbocycles. The van der Waals surface area contributed by atoms with Crippen molar-refractivity contribution in [3.63, 3.8) is 0 Å². The predicted molar refractivity (Wildman–Crippen MR) is 89.2 cm³/mol. The van der Waals surface area contributed by atoms with E-state index in [0.29, 0.717) is 12.4 Å². The molecule has 1 aromatic carbocycles. The molecule has 1 aromatic rings. The van der Waals surface area contributed by atoms with Crippen molar-refractivity contribution in [2.24, 2.45) is 0 Å². The Morgan fingerprint density at radius 2 is 2.00 bits per heavy atom. The van der Waals surface area contributed by atoms with Crippen LogP contribution in [0.1, 0.15) is 46.5 Å². The van der Waals surface area contributed by atoms with E-state index in [1.807, 2.05) is 13.8 Å². The van der Waals surface area contributed by atoms with Gasteiger partial charge in [0, 0.05) is 12.1 Å². The molecule has 1 N–H and O–H groups in total. The third-order valence-corrected chi connectivity index (χ3v) is 5.43. The molecule has 0 fully saturated rings. The molecular formula is C15H24BrNO3S. The van der Waals surface area contributed by atoms with Crippen LogP contribution in [0.4, 0.5) is 0 Å². The summed E-state index contributed by atoms with van der Waals surface area (Å²) < 4.78 is 33.6. The second-order valence-corrected chi connectivity index (χ2v) is 7.65. The first-order valence-corrected chi connectivity index (χ1v) is 9.63. The van der Waals surface area contributed by atoms with Crippen LogP contribution in [0.5, 0.6) is 5.75 Å². The van der Waals surface area contributed by atoms with Crippen LogP contribution in [0, 0.1) is 0 Å². The zero-order valence-electron chi connectivity index (χ0n) is 12.9. The van der Waals surface area contributed by atoms with Gasteiger partial charge in [-0.25, -0.2) is 13.1 Å². The summed E-state index contributed by atoms with van der Waals surface area (Å²) in [7, 11) is -3.50. The highest BCUT2D eigenvalue weighted by Gasteiger charge is 2.18. The number of sulfonamides is 1. The number of rotatable bonds is 9. The summed E-state index contributed by atoms with van der Waals surface area (Å²) in [5.74, 6) is 0.568. The molecule has 0 saturated heterocycles. The SMILES string of the molecule is CCCCCOc1cc(S(=O)(=O)N[C@H](C)CC)ccc1Br. The van der Waals surface area contributed by atoms with Crippen LogP contribution >= 0.6 is 15.9 Å². The number of hydrogen-bond donors (Lipinski definition) is 1. The van der Waals surface area contributed by atoms with Crippen LogP contribution in [0.15, 0.2) is 27.6 Å². The molecule has 4 nitrogen and oxygen atoms in total. The van der Waals surface area contributed by atoms with Gasteiger partial charge in [-0.05, 0) is 47.8 Å². The molecule has 6 heteroatoms. The summed E-state index contributed by atoms with van der Waals surface area (Å²) in [5, 5.41) is 0. The maximum atomic E-state index is 12.3. The average Bonchev–Trinajstić information content (AvgIpc) is 2.44. The molecule has 0 aromatic heterocycles. The minimum atomic E-state index is -3.50. The third-order valence-electron chi connectivity index (χ3n) is 3.19. The van der Waals surface area contributed by atoms with Crippen LogP contribution in [0.3, 0.4) is 0 Å². The third kappa shape index (κ3) is 5.96. The number of nitrogens with one attached hydrogen (secondary N) is 1. The minimum Gasteiger partial charge on any atom is -0.492 e. The van der Waals surface area contributed by atoms with Crippen LogP contribution in [-0.4, -0.2) is 21.1 Å². The average molecular weight is 378 g/mol. The topological polar surface area (TPSA) is 55.4 Å². The fraction of sp³-hybridized carbons (Fsp3) is 0.600. The molecule has 0 aliphatic rings. The van der Waals surface area contributed by atoms with Crippen molar-refractivity contribution in [2.75, 3.05) is 6.61 Å². The molecule has 0 amide bonds. The minimum absolute atomic E-state index is 0.0902. The van der Waals surface area contributed by atoms with E-state index in [-0.39, 0.29) is 10.9 Å². The Morgan fingerprint density at radius 3 is 2.62 bits per heavy atom. The largest absolute Gasteiger partial charge is 0.492 e. The highest BCUT2D eigenvalue weighted by Crippen LogP contribution is 2.28. The van der Waals surface area contributed by atoms with Crippen molar-refractivity contribution >= 4 is 26.0 Å². The highest BCUT2D eigenvalue weighted by atomic mass is 79.9. The predicted octanol–water partition coefficient (Wildman–Crippen LogP) is 4.09. The van der Waals surface area contributed by atoms with E-state index in [2.05, 4.69) is 27.6 Å². The molecule has 0 bridgehead atoms. The molecular weight excluding hydrogens is 354 g/mol. The van der Waals surface area contributed by atoms with Gasteiger partial charge < -0.3 is 4.74 Å². The molecule has 0 spiro atoms. The monoisotopic (exact) mass is 377 g/mol. The number of halogens is 1. The summed E-state index contributed by atoms with van der Waals surface area (Å²) in [6.07, 6.45) is 3.93. The van der Waals surface area contributed by atoms with Gasteiger partial charge in [-0.1, -0.05) is 26.7 Å². The van der Waals surface area contributed by atoms with Crippen molar-refractivity contribution < 1.29 is 13.2 Å². The van der Waals surface area contributed by atoms with Crippen LogP contribution in [-0.2, 0) is 10.0 Å². The fourth-order valence-corrected chi connectivity index (χ4v) is 3.41. The Morgan fingerprint density at radius 1 is 1.29 bits per heavy atom. The lowest BCUT2D eigenvalue weighted by molar-refractivity contribution is 0.303. The molecule has 21 heavy (non-hydrogen) atoms. The first kappa shape index (κ1) is 18.5. The second kappa shape index (κ2) is 8.76. The lowest BCUT2D eigenvalue weighted by Crippen LogP contribution is -2.32. The molecule has 0 unspecified atom stereocenters. The summed E-state index contributed by atoms with van der Waals surface area (Å²) >= 11 is 3.39. The summed E-state index contributed by atoms with van der Waals surface area (Å²) in [6, 6.07) is 4.77. The van der Waals surface area contributed by atoms with E-state index in [1.54, 1.807) is 18.2 Å². The van der Waals surface area contributed by atoms with E-state index >= 15 is 0 Å². The van der Waals surface area contributed by atoms with Crippen molar-refractivity contribution in [1.29, 1.82) is 0 Å². The van der Waals surface area contributed by atoms with Crippen LogP contribution < -0.4 is 9.46 Å². The number of ether oxygens (including phenoxy) is 1. The summed E-state index contributed by atoms with van der Waals surface area (Å²) in [5.41, 5.74) is 0. The van der Waals surface area contributed by atoms with Gasteiger partial charge in [-0.3, -0.25) is 0 Å². The van der Waals surface area contributed by atoms with E-state index in [9.17, 15) is 8.42 Å². The Kier molecular flexibility index (Phi) is 7.70. The fourth-order valence-electron chi connectivity index (χ4n) is 1.71. The van der Waals surface area contributed by atoms with Crippen molar-refractivity contribution in [2.45, 2.75) is 57.4 Å². The Bertz CT molecular complexity index is 546. The molecule has 120 valence electrons. The molecule has 0 heterocycles. The Hall–Kier alpha value is -0.590. The van der Waals surface area contributed by atoms with Gasteiger partial charge in [0.05, 0.1) is 16.0 Å². The van der Waals surface area contributed by atoms with Gasteiger partial charge in [0.1, 0.15) is 5.75 Å². The lowest BCUT2D eigenvalue weighted by Gasteiger charge is -2.14. The number of hydrogen-bond acceptors (Lipinski definition) is 3.